The van der Waals surface area contributed by atoms with Gasteiger partial charge in [0.1, 0.15) is 11.6 Å². The summed E-state index contributed by atoms with van der Waals surface area (Å²) in [7, 11) is 0. The minimum atomic E-state index is -4.30. The van der Waals surface area contributed by atoms with Gasteiger partial charge in [-0.15, -0.1) is 11.6 Å². The van der Waals surface area contributed by atoms with Gasteiger partial charge in [0.25, 0.3) is 0 Å². The molecule has 7 heteroatoms. The van der Waals surface area contributed by atoms with E-state index < -0.39 is 24.5 Å². The molecule has 0 aliphatic rings. The van der Waals surface area contributed by atoms with E-state index in [1.165, 1.54) is 29.7 Å². The standard InChI is InChI=1S/C12H11ClF4N2/c1-7(5-12(15,16)17)19-10-4-8(14)2-3-9(10)18-11(19)6-13/h2-4,7H,5-6H2,1H3. The second kappa shape index (κ2) is 5.00. The van der Waals surface area contributed by atoms with E-state index in [-0.39, 0.29) is 5.88 Å². The van der Waals surface area contributed by atoms with Gasteiger partial charge < -0.3 is 4.57 Å². The highest BCUT2D eigenvalue weighted by molar-refractivity contribution is 6.16. The highest BCUT2D eigenvalue weighted by atomic mass is 35.5. The van der Waals surface area contributed by atoms with E-state index in [9.17, 15) is 17.6 Å². The minimum Gasteiger partial charge on any atom is -0.324 e. The molecule has 0 N–H and O–H groups in total. The van der Waals surface area contributed by atoms with Crippen LogP contribution in [0.1, 0.15) is 25.2 Å². The Kier molecular flexibility index (Phi) is 3.71. The lowest BCUT2D eigenvalue weighted by Gasteiger charge is -2.18. The number of alkyl halides is 4. The van der Waals surface area contributed by atoms with E-state index in [0.29, 0.717) is 16.9 Å². The van der Waals surface area contributed by atoms with Crippen LogP contribution < -0.4 is 0 Å². The number of benzene rings is 1. The predicted octanol–water partition coefficient (Wildman–Crippen LogP) is 4.43. The van der Waals surface area contributed by atoms with Crippen LogP contribution in [0.2, 0.25) is 0 Å². The molecular weight excluding hydrogens is 284 g/mol. The third-order valence-corrected chi connectivity index (χ3v) is 3.05. The molecule has 1 aromatic heterocycles. The fourth-order valence-corrected chi connectivity index (χ4v) is 2.32. The van der Waals surface area contributed by atoms with E-state index in [1.54, 1.807) is 0 Å². The zero-order chi connectivity index (χ0) is 14.2. The summed E-state index contributed by atoms with van der Waals surface area (Å²) in [6.07, 6.45) is -5.31. The minimum absolute atomic E-state index is 0.0293. The summed E-state index contributed by atoms with van der Waals surface area (Å²) in [5, 5.41) is 0. The normalized spacial score (nSPS) is 14.0. The highest BCUT2D eigenvalue weighted by Crippen LogP contribution is 2.31. The first kappa shape index (κ1) is 14.1. The molecule has 1 atom stereocenters. The zero-order valence-corrected chi connectivity index (χ0v) is 10.8. The molecule has 2 rings (SSSR count). The molecule has 0 aliphatic carbocycles. The Morgan fingerprint density at radius 2 is 2.05 bits per heavy atom. The third kappa shape index (κ3) is 3.00. The Morgan fingerprint density at radius 1 is 1.37 bits per heavy atom. The Morgan fingerprint density at radius 3 is 2.63 bits per heavy atom. The van der Waals surface area contributed by atoms with Crippen molar-refractivity contribution in [3.63, 3.8) is 0 Å². The largest absolute Gasteiger partial charge is 0.391 e. The average Bonchev–Trinajstić information content (AvgIpc) is 2.64. The third-order valence-electron chi connectivity index (χ3n) is 2.81. The molecular formula is C12H11ClF4N2. The number of aromatic nitrogens is 2. The average molecular weight is 295 g/mol. The van der Waals surface area contributed by atoms with Crippen LogP contribution in [0.4, 0.5) is 17.6 Å². The molecule has 0 aliphatic heterocycles. The molecule has 0 saturated heterocycles. The summed E-state index contributed by atoms with van der Waals surface area (Å²) in [6, 6.07) is 2.93. The fraction of sp³-hybridized carbons (Fsp3) is 0.417. The number of imidazole rings is 1. The second-order valence-electron chi connectivity index (χ2n) is 4.33. The fourth-order valence-electron chi connectivity index (χ4n) is 2.13. The molecule has 2 aromatic rings. The maximum Gasteiger partial charge on any atom is 0.391 e. The van der Waals surface area contributed by atoms with Crippen molar-refractivity contribution in [2.75, 3.05) is 0 Å². The number of halogens is 5. The van der Waals surface area contributed by atoms with Crippen molar-refractivity contribution in [2.45, 2.75) is 31.4 Å². The molecule has 0 bridgehead atoms. The van der Waals surface area contributed by atoms with Crippen LogP contribution in [0.5, 0.6) is 0 Å². The van der Waals surface area contributed by atoms with Crippen molar-refractivity contribution in [1.82, 2.24) is 9.55 Å². The van der Waals surface area contributed by atoms with Gasteiger partial charge in [-0.2, -0.15) is 13.2 Å². The van der Waals surface area contributed by atoms with Crippen LogP contribution in [0.25, 0.3) is 11.0 Å². The maximum atomic E-state index is 13.2. The van der Waals surface area contributed by atoms with E-state index >= 15 is 0 Å². The van der Waals surface area contributed by atoms with Crippen molar-refractivity contribution in [3.05, 3.63) is 29.8 Å². The molecule has 1 aromatic carbocycles. The second-order valence-corrected chi connectivity index (χ2v) is 4.60. The Hall–Kier alpha value is -1.30. The number of hydrogen-bond donors (Lipinski definition) is 0. The van der Waals surface area contributed by atoms with Crippen LogP contribution in [-0.4, -0.2) is 15.7 Å². The Labute approximate surface area is 112 Å². The quantitative estimate of drug-likeness (QED) is 0.605. The SMILES string of the molecule is CC(CC(F)(F)F)n1c(CCl)nc2ccc(F)cc21. The van der Waals surface area contributed by atoms with E-state index in [1.807, 2.05) is 0 Å². The highest BCUT2D eigenvalue weighted by Gasteiger charge is 2.32. The Bertz CT molecular complexity index is 591. The van der Waals surface area contributed by atoms with Gasteiger partial charge >= 0.3 is 6.18 Å². The van der Waals surface area contributed by atoms with Gasteiger partial charge in [-0.3, -0.25) is 0 Å². The van der Waals surface area contributed by atoms with Gasteiger partial charge in [-0.1, -0.05) is 0 Å². The smallest absolute Gasteiger partial charge is 0.324 e. The Balaban J connectivity index is 2.53. The molecule has 0 radical (unpaired) electrons. The number of nitrogens with zero attached hydrogens (tertiary/aromatic N) is 2. The predicted molar refractivity (Wildman–Crippen MR) is 64.6 cm³/mol. The molecule has 1 heterocycles. The maximum absolute atomic E-state index is 13.2. The first-order valence-corrected chi connectivity index (χ1v) is 6.14. The molecule has 104 valence electrons. The number of hydrogen-bond acceptors (Lipinski definition) is 1. The van der Waals surface area contributed by atoms with Crippen molar-refractivity contribution >= 4 is 22.6 Å². The van der Waals surface area contributed by atoms with Crippen LogP contribution in [-0.2, 0) is 5.88 Å². The molecule has 2 nitrogen and oxygen atoms in total. The lowest BCUT2D eigenvalue weighted by Crippen LogP contribution is -2.18. The van der Waals surface area contributed by atoms with Gasteiger partial charge in [0.05, 0.1) is 23.3 Å². The van der Waals surface area contributed by atoms with Gasteiger partial charge in [0, 0.05) is 6.04 Å². The number of fused-ring (bicyclic) bond motifs is 1. The summed E-state index contributed by atoms with van der Waals surface area (Å²) in [5.41, 5.74) is 0.762. The first-order chi connectivity index (χ1) is 8.81. The van der Waals surface area contributed by atoms with Gasteiger partial charge in [-0.05, 0) is 25.1 Å². The molecule has 0 saturated carbocycles. The summed E-state index contributed by atoms with van der Waals surface area (Å²) in [5.74, 6) is -0.244. The van der Waals surface area contributed by atoms with Crippen molar-refractivity contribution in [2.24, 2.45) is 0 Å². The lowest BCUT2D eigenvalue weighted by atomic mass is 10.2. The van der Waals surface area contributed by atoms with Gasteiger partial charge in [-0.25, -0.2) is 9.37 Å². The topological polar surface area (TPSA) is 17.8 Å². The molecule has 0 spiro atoms. The lowest BCUT2D eigenvalue weighted by molar-refractivity contribution is -0.141. The summed E-state index contributed by atoms with van der Waals surface area (Å²) in [4.78, 5) is 4.12. The summed E-state index contributed by atoms with van der Waals surface area (Å²) in [6.45, 7) is 1.41. The van der Waals surface area contributed by atoms with Crippen molar-refractivity contribution in [1.29, 1.82) is 0 Å². The van der Waals surface area contributed by atoms with Crippen LogP contribution >= 0.6 is 11.6 Å². The number of rotatable bonds is 3. The van der Waals surface area contributed by atoms with Gasteiger partial charge in [0.2, 0.25) is 0 Å². The summed E-state index contributed by atoms with van der Waals surface area (Å²) >= 11 is 5.70. The zero-order valence-electron chi connectivity index (χ0n) is 10.0. The van der Waals surface area contributed by atoms with Crippen LogP contribution in [0.15, 0.2) is 18.2 Å². The molecule has 19 heavy (non-hydrogen) atoms. The van der Waals surface area contributed by atoms with Crippen LogP contribution in [0.3, 0.4) is 0 Å². The molecule has 0 amide bonds. The van der Waals surface area contributed by atoms with Crippen molar-refractivity contribution in [3.8, 4) is 0 Å². The molecule has 1 unspecified atom stereocenters. The summed E-state index contributed by atoms with van der Waals surface area (Å²) < 4.78 is 52.0. The van der Waals surface area contributed by atoms with Crippen molar-refractivity contribution < 1.29 is 17.6 Å². The van der Waals surface area contributed by atoms with Gasteiger partial charge in [0.15, 0.2) is 0 Å². The first-order valence-electron chi connectivity index (χ1n) is 5.61. The molecule has 0 fully saturated rings. The van der Waals surface area contributed by atoms with E-state index in [4.69, 9.17) is 11.6 Å². The van der Waals surface area contributed by atoms with Crippen LogP contribution in [0, 0.1) is 5.82 Å². The monoisotopic (exact) mass is 294 g/mol. The van der Waals surface area contributed by atoms with E-state index in [2.05, 4.69) is 4.98 Å². The van der Waals surface area contributed by atoms with E-state index in [0.717, 1.165) is 0 Å².